The molecule has 19 heavy (non-hydrogen) atoms. The van der Waals surface area contributed by atoms with Crippen LogP contribution in [-0.4, -0.2) is 37.8 Å². The van der Waals surface area contributed by atoms with Crippen LogP contribution in [0.4, 0.5) is 4.79 Å². The summed E-state index contributed by atoms with van der Waals surface area (Å²) in [6.07, 6.45) is -4.43. The molecule has 1 atom stereocenters. The Labute approximate surface area is 101 Å². The van der Waals surface area contributed by atoms with E-state index in [9.17, 15) is 45.3 Å². The zero-order valence-corrected chi connectivity index (χ0v) is 8.95. The van der Waals surface area contributed by atoms with Crippen LogP contribution in [-0.2, 0) is 4.74 Å². The Kier molecular flexibility index (Phi) is 4.57. The van der Waals surface area contributed by atoms with Crippen molar-refractivity contribution >= 4 is 6.09 Å². The van der Waals surface area contributed by atoms with Crippen molar-refractivity contribution < 1.29 is 29.3 Å². The minimum atomic E-state index is -4.06. The maximum Gasteiger partial charge on any atom is 0.736 e. The standard InChI is InChI=1S/C4H5N5O10/c1-2(19-3(10)5-9(17)18)4(6(11)12,7(13)14)8(15)16/h2H,1H3,(H,5,10). The smallest absolute Gasteiger partial charge is 0.418 e. The van der Waals surface area contributed by atoms with Crippen LogP contribution in [0.2, 0.25) is 0 Å². The average molecular weight is 283 g/mol. The molecule has 15 nitrogen and oxygen atoms in total. The van der Waals surface area contributed by atoms with E-state index < -0.39 is 37.8 Å². The molecular weight excluding hydrogens is 278 g/mol. The number of hydrogen-bond donors (Lipinski definition) is 1. The number of nitrogens with one attached hydrogen (secondary N) is 1. The molecule has 0 aromatic heterocycles. The van der Waals surface area contributed by atoms with E-state index in [2.05, 4.69) is 4.74 Å². The first-order valence-electron chi connectivity index (χ1n) is 4.11. The van der Waals surface area contributed by atoms with E-state index in [0.717, 1.165) is 5.43 Å². The average Bonchev–Trinajstić information content (AvgIpc) is 2.13. The van der Waals surface area contributed by atoms with E-state index >= 15 is 0 Å². The minimum absolute atomic E-state index is 0.480. The zero-order chi connectivity index (χ0) is 15.4. The van der Waals surface area contributed by atoms with E-state index in [-0.39, 0.29) is 0 Å². The lowest BCUT2D eigenvalue weighted by molar-refractivity contribution is -0.976. The number of amides is 1. The SMILES string of the molecule is CC(OC(=O)N[N+](=O)[O-])C([N+](=O)[O-])([N+](=O)[O-])[N+](=O)[O-]. The molecule has 0 spiro atoms. The second kappa shape index (κ2) is 5.47. The van der Waals surface area contributed by atoms with Crippen molar-refractivity contribution in [3.8, 4) is 0 Å². The van der Waals surface area contributed by atoms with Crippen molar-refractivity contribution in [1.82, 2.24) is 5.43 Å². The number of hydrogen-bond acceptors (Lipinski definition) is 10. The van der Waals surface area contributed by atoms with Crippen molar-refractivity contribution in [3.05, 3.63) is 40.5 Å². The summed E-state index contributed by atoms with van der Waals surface area (Å²) in [5.41, 5.74) is 0.856. The summed E-state index contributed by atoms with van der Waals surface area (Å²) in [5, 5.41) is 40.0. The van der Waals surface area contributed by atoms with Gasteiger partial charge in [0.1, 0.15) is 0 Å². The second-order valence-corrected chi connectivity index (χ2v) is 2.88. The molecule has 0 aliphatic carbocycles. The van der Waals surface area contributed by atoms with Gasteiger partial charge in [0.05, 0.1) is 0 Å². The van der Waals surface area contributed by atoms with Gasteiger partial charge in [0, 0.05) is 0 Å². The van der Waals surface area contributed by atoms with Crippen LogP contribution in [0, 0.1) is 40.5 Å². The van der Waals surface area contributed by atoms with Crippen molar-refractivity contribution in [3.63, 3.8) is 0 Å². The topological polar surface area (TPSA) is 211 Å². The molecular formula is C4H5N5O10. The highest BCUT2D eigenvalue weighted by Crippen LogP contribution is 2.20. The van der Waals surface area contributed by atoms with Crippen molar-refractivity contribution in [2.24, 2.45) is 0 Å². The number of hydrazine groups is 1. The summed E-state index contributed by atoms with van der Waals surface area (Å²) >= 11 is 0. The first kappa shape index (κ1) is 15.9. The van der Waals surface area contributed by atoms with Crippen molar-refractivity contribution in [1.29, 1.82) is 0 Å². The summed E-state index contributed by atoms with van der Waals surface area (Å²) < 4.78 is 3.89. The molecule has 0 rings (SSSR count). The summed E-state index contributed by atoms with van der Waals surface area (Å²) in [4.78, 5) is 46.5. The molecule has 0 fully saturated rings. The first-order valence-corrected chi connectivity index (χ1v) is 4.11. The van der Waals surface area contributed by atoms with Gasteiger partial charge in [0.2, 0.25) is 0 Å². The van der Waals surface area contributed by atoms with E-state index in [4.69, 9.17) is 0 Å². The Morgan fingerprint density at radius 1 is 1.05 bits per heavy atom. The maximum atomic E-state index is 10.7. The lowest BCUT2D eigenvalue weighted by atomic mass is 10.2. The molecule has 0 saturated heterocycles. The molecule has 0 saturated carbocycles. The van der Waals surface area contributed by atoms with Crippen LogP contribution in [0.5, 0.6) is 0 Å². The van der Waals surface area contributed by atoms with Crippen LogP contribution >= 0.6 is 0 Å². The van der Waals surface area contributed by atoms with Gasteiger partial charge in [0.15, 0.2) is 19.8 Å². The summed E-state index contributed by atoms with van der Waals surface area (Å²) in [6, 6.07) is 0. The van der Waals surface area contributed by atoms with Crippen LogP contribution < -0.4 is 5.43 Å². The van der Waals surface area contributed by atoms with Gasteiger partial charge < -0.3 is 4.74 Å². The first-order chi connectivity index (χ1) is 8.56. The predicted molar refractivity (Wildman–Crippen MR) is 49.8 cm³/mol. The Hall–Kier alpha value is -3.13. The Morgan fingerprint density at radius 2 is 1.42 bits per heavy atom. The lowest BCUT2D eigenvalue weighted by Gasteiger charge is -2.14. The maximum absolute atomic E-state index is 10.7. The van der Waals surface area contributed by atoms with Crippen molar-refractivity contribution in [2.45, 2.75) is 18.8 Å². The fourth-order valence-electron chi connectivity index (χ4n) is 0.986. The summed E-state index contributed by atoms with van der Waals surface area (Å²) in [6.45, 7) is 0.480. The van der Waals surface area contributed by atoms with Gasteiger partial charge in [-0.2, -0.15) is 0 Å². The molecule has 0 bridgehead atoms. The Morgan fingerprint density at radius 3 is 1.68 bits per heavy atom. The number of rotatable bonds is 6. The van der Waals surface area contributed by atoms with Gasteiger partial charge in [0.25, 0.3) is 0 Å². The fraction of sp³-hybridized carbons (Fsp3) is 0.750. The fourth-order valence-corrected chi connectivity index (χ4v) is 0.986. The van der Waals surface area contributed by atoms with Gasteiger partial charge >= 0.3 is 18.0 Å². The normalized spacial score (nSPS) is 12.1. The lowest BCUT2D eigenvalue weighted by Crippen LogP contribution is -2.62. The molecule has 0 heterocycles. The quantitative estimate of drug-likeness (QED) is 0.348. The van der Waals surface area contributed by atoms with Gasteiger partial charge in [-0.15, -0.1) is 0 Å². The van der Waals surface area contributed by atoms with E-state index in [1.54, 1.807) is 0 Å². The van der Waals surface area contributed by atoms with Gasteiger partial charge in [-0.3, -0.25) is 30.3 Å². The highest BCUT2D eigenvalue weighted by molar-refractivity contribution is 5.65. The Balaban J connectivity index is 5.35. The molecule has 0 aromatic rings. The number of nitrogens with zero attached hydrogens (tertiary/aromatic N) is 4. The predicted octanol–water partition coefficient (Wildman–Crippen LogP) is -1.22. The van der Waals surface area contributed by atoms with E-state index in [0.29, 0.717) is 6.92 Å². The molecule has 15 heteroatoms. The molecule has 0 radical (unpaired) electrons. The number of nitro groups is 4. The highest BCUT2D eigenvalue weighted by atomic mass is 16.7. The highest BCUT2D eigenvalue weighted by Gasteiger charge is 2.77. The molecule has 0 aromatic carbocycles. The van der Waals surface area contributed by atoms with E-state index in [1.165, 1.54) is 0 Å². The summed E-state index contributed by atoms with van der Waals surface area (Å²) in [5.74, 6) is -4.06. The largest absolute Gasteiger partial charge is 0.736 e. The van der Waals surface area contributed by atoms with Crippen molar-refractivity contribution in [2.75, 3.05) is 0 Å². The van der Waals surface area contributed by atoms with Gasteiger partial charge in [-0.1, -0.05) is 0 Å². The van der Waals surface area contributed by atoms with Gasteiger partial charge in [-0.05, 0) is 12.3 Å². The molecule has 106 valence electrons. The van der Waals surface area contributed by atoms with E-state index in [1.807, 2.05) is 0 Å². The molecule has 1 amide bonds. The van der Waals surface area contributed by atoms with Gasteiger partial charge in [-0.25, -0.2) is 14.9 Å². The third kappa shape index (κ3) is 2.96. The van der Waals surface area contributed by atoms with Crippen LogP contribution in [0.25, 0.3) is 0 Å². The van der Waals surface area contributed by atoms with Crippen LogP contribution in [0.1, 0.15) is 6.92 Å². The molecule has 0 aliphatic rings. The number of ether oxygens (including phenoxy) is 1. The molecule has 1 N–H and O–H groups in total. The molecule has 0 aliphatic heterocycles. The summed E-state index contributed by atoms with van der Waals surface area (Å²) in [7, 11) is 0. The zero-order valence-electron chi connectivity index (χ0n) is 8.95. The third-order valence-electron chi connectivity index (χ3n) is 1.82. The third-order valence-corrected chi connectivity index (χ3v) is 1.82. The van der Waals surface area contributed by atoms with Crippen LogP contribution in [0.15, 0.2) is 0 Å². The van der Waals surface area contributed by atoms with Crippen LogP contribution in [0.3, 0.4) is 0 Å². The monoisotopic (exact) mass is 283 g/mol. The second-order valence-electron chi connectivity index (χ2n) is 2.88. The Bertz CT molecular complexity index is 409. The number of carbonyl (C=O) groups is 1. The molecule has 1 unspecified atom stereocenters. The minimum Gasteiger partial charge on any atom is -0.418 e. The number of carbonyl (C=O) groups excluding carboxylic acids is 1.